The van der Waals surface area contributed by atoms with E-state index in [2.05, 4.69) is 4.72 Å². The van der Waals surface area contributed by atoms with Crippen molar-refractivity contribution in [3.63, 3.8) is 0 Å². The van der Waals surface area contributed by atoms with Crippen molar-refractivity contribution >= 4 is 27.2 Å². The third-order valence-corrected chi connectivity index (χ3v) is 7.25. The molecule has 0 fully saturated rings. The number of benzene rings is 2. The molecule has 2 rings (SSSR count). The van der Waals surface area contributed by atoms with E-state index in [9.17, 15) is 23.3 Å². The summed E-state index contributed by atoms with van der Waals surface area (Å²) in [6, 6.07) is 10.4. The predicted molar refractivity (Wildman–Crippen MR) is 135 cm³/mol. The molecule has 8 nitrogen and oxygen atoms in total. The SMILES string of the molecule is CCCCC(=O)C(CCCC)NS(=O)(=O)c1ccc(N(C)C)cc1Cc1cccc([N+](=O)[O-])c1. The van der Waals surface area contributed by atoms with Crippen molar-refractivity contribution in [2.45, 2.75) is 69.7 Å². The summed E-state index contributed by atoms with van der Waals surface area (Å²) in [5.41, 5.74) is 1.89. The number of sulfonamides is 1. The standard InChI is InChI=1S/C25H35N3O5S/c1-5-7-12-23(24(29)13-8-6-2)26-34(32,33)25-15-14-21(27(3)4)18-20(25)16-19-10-9-11-22(17-19)28(30)31/h9-11,14-15,17-18,23,26H,5-8,12-13,16H2,1-4H3. The maximum atomic E-state index is 13.5. The van der Waals surface area contributed by atoms with Crippen molar-refractivity contribution in [3.05, 3.63) is 63.7 Å². The van der Waals surface area contributed by atoms with Gasteiger partial charge in [-0.15, -0.1) is 0 Å². The number of unbranched alkanes of at least 4 members (excludes halogenated alkanes) is 2. The van der Waals surface area contributed by atoms with Gasteiger partial charge in [0.1, 0.15) is 0 Å². The number of hydrogen-bond donors (Lipinski definition) is 1. The fourth-order valence-electron chi connectivity index (χ4n) is 3.71. The molecule has 0 aliphatic rings. The van der Waals surface area contributed by atoms with Crippen LogP contribution in [0.2, 0.25) is 0 Å². The molecule has 0 aromatic heterocycles. The number of rotatable bonds is 14. The summed E-state index contributed by atoms with van der Waals surface area (Å²) in [6.07, 6.45) is 4.17. The Morgan fingerprint density at radius 3 is 2.41 bits per heavy atom. The molecule has 1 unspecified atom stereocenters. The van der Waals surface area contributed by atoms with Crippen LogP contribution in [0, 0.1) is 10.1 Å². The van der Waals surface area contributed by atoms with Gasteiger partial charge in [-0.1, -0.05) is 45.2 Å². The van der Waals surface area contributed by atoms with E-state index in [1.165, 1.54) is 18.2 Å². The zero-order valence-corrected chi connectivity index (χ0v) is 21.2. The fourth-order valence-corrected chi connectivity index (χ4v) is 5.19. The lowest BCUT2D eigenvalue weighted by molar-refractivity contribution is -0.384. The van der Waals surface area contributed by atoms with Gasteiger partial charge in [0.05, 0.1) is 15.9 Å². The molecule has 0 aliphatic carbocycles. The van der Waals surface area contributed by atoms with Crippen LogP contribution in [0.3, 0.4) is 0 Å². The highest BCUT2D eigenvalue weighted by Crippen LogP contribution is 2.26. The molecule has 1 N–H and O–H groups in total. The van der Waals surface area contributed by atoms with Crippen molar-refractivity contribution in [1.29, 1.82) is 0 Å². The van der Waals surface area contributed by atoms with Crippen molar-refractivity contribution in [3.8, 4) is 0 Å². The van der Waals surface area contributed by atoms with Crippen LogP contribution in [-0.4, -0.2) is 39.3 Å². The third kappa shape index (κ3) is 7.63. The van der Waals surface area contributed by atoms with Crippen LogP contribution in [0.15, 0.2) is 47.4 Å². The average molecular weight is 490 g/mol. The molecule has 1 atom stereocenters. The lowest BCUT2D eigenvalue weighted by Gasteiger charge is -2.21. The van der Waals surface area contributed by atoms with Crippen LogP contribution < -0.4 is 9.62 Å². The van der Waals surface area contributed by atoms with E-state index in [1.807, 2.05) is 32.8 Å². The molecule has 0 saturated heterocycles. The van der Waals surface area contributed by atoms with E-state index >= 15 is 0 Å². The fraction of sp³-hybridized carbons (Fsp3) is 0.480. The second-order valence-corrected chi connectivity index (χ2v) is 10.4. The number of non-ortho nitro benzene ring substituents is 1. The molecule has 186 valence electrons. The molecule has 2 aromatic carbocycles. The van der Waals surface area contributed by atoms with E-state index in [0.717, 1.165) is 31.4 Å². The number of hydrogen-bond acceptors (Lipinski definition) is 6. The molecule has 0 bridgehead atoms. The zero-order valence-electron chi connectivity index (χ0n) is 20.4. The Hall–Kier alpha value is -2.78. The van der Waals surface area contributed by atoms with Crippen LogP contribution >= 0.6 is 0 Å². The number of carbonyl (C=O) groups excluding carboxylic acids is 1. The number of anilines is 1. The monoisotopic (exact) mass is 489 g/mol. The minimum absolute atomic E-state index is 0.0510. The summed E-state index contributed by atoms with van der Waals surface area (Å²) in [6.45, 7) is 3.99. The molecule has 0 aliphatic heterocycles. The van der Waals surface area contributed by atoms with Gasteiger partial charge in [0.15, 0.2) is 5.78 Å². The van der Waals surface area contributed by atoms with Gasteiger partial charge < -0.3 is 4.90 Å². The van der Waals surface area contributed by atoms with Gasteiger partial charge in [-0.25, -0.2) is 13.1 Å². The van der Waals surface area contributed by atoms with Crippen LogP contribution in [0.25, 0.3) is 0 Å². The molecule has 0 saturated carbocycles. The molecule has 0 spiro atoms. The van der Waals surface area contributed by atoms with Crippen LogP contribution in [0.4, 0.5) is 11.4 Å². The van der Waals surface area contributed by atoms with Gasteiger partial charge in [0.25, 0.3) is 5.69 Å². The summed E-state index contributed by atoms with van der Waals surface area (Å²) in [5.74, 6) is -0.0935. The minimum Gasteiger partial charge on any atom is -0.378 e. The Labute approximate surface area is 202 Å². The second-order valence-electron chi connectivity index (χ2n) is 8.68. The summed E-state index contributed by atoms with van der Waals surface area (Å²) in [5, 5.41) is 11.2. The van der Waals surface area contributed by atoms with Gasteiger partial charge >= 0.3 is 0 Å². The quantitative estimate of drug-likeness (QED) is 0.300. The van der Waals surface area contributed by atoms with Crippen LogP contribution in [-0.2, 0) is 21.2 Å². The maximum absolute atomic E-state index is 13.5. The average Bonchev–Trinajstić information content (AvgIpc) is 2.80. The van der Waals surface area contributed by atoms with Crippen LogP contribution in [0.1, 0.15) is 63.5 Å². The first-order chi connectivity index (χ1) is 16.1. The predicted octanol–water partition coefficient (Wildman–Crippen LogP) is 4.85. The summed E-state index contributed by atoms with van der Waals surface area (Å²) < 4.78 is 29.6. The molecular formula is C25H35N3O5S. The van der Waals surface area contributed by atoms with E-state index < -0.39 is 21.0 Å². The number of carbonyl (C=O) groups is 1. The van der Waals surface area contributed by atoms with Crippen molar-refractivity contribution in [1.82, 2.24) is 4.72 Å². The highest BCUT2D eigenvalue weighted by Gasteiger charge is 2.27. The summed E-state index contributed by atoms with van der Waals surface area (Å²) in [7, 11) is -0.296. The summed E-state index contributed by atoms with van der Waals surface area (Å²) >= 11 is 0. The first-order valence-corrected chi connectivity index (χ1v) is 13.2. The Balaban J connectivity index is 2.45. The molecule has 2 aromatic rings. The van der Waals surface area contributed by atoms with E-state index in [1.54, 1.807) is 24.3 Å². The number of Topliss-reactive ketones (excluding diaryl/α,β-unsaturated/α-hetero) is 1. The minimum atomic E-state index is -4.00. The second kappa shape index (κ2) is 12.6. The van der Waals surface area contributed by atoms with Gasteiger partial charge in [-0.2, -0.15) is 0 Å². The largest absolute Gasteiger partial charge is 0.378 e. The number of nitro groups is 1. The number of nitrogens with zero attached hydrogens (tertiary/aromatic N) is 2. The molecular weight excluding hydrogens is 454 g/mol. The third-order valence-electron chi connectivity index (χ3n) is 5.68. The van der Waals surface area contributed by atoms with E-state index in [-0.39, 0.29) is 22.8 Å². The molecule has 0 heterocycles. The van der Waals surface area contributed by atoms with Crippen molar-refractivity contribution in [2.24, 2.45) is 0 Å². The molecule has 0 amide bonds. The van der Waals surface area contributed by atoms with Gasteiger partial charge in [0, 0.05) is 38.3 Å². The normalized spacial score (nSPS) is 12.4. The van der Waals surface area contributed by atoms with Gasteiger partial charge in [0.2, 0.25) is 10.0 Å². The summed E-state index contributed by atoms with van der Waals surface area (Å²) in [4.78, 5) is 25.4. The Bertz CT molecular complexity index is 1100. The molecule has 9 heteroatoms. The number of ketones is 1. The van der Waals surface area contributed by atoms with Gasteiger partial charge in [-0.3, -0.25) is 14.9 Å². The van der Waals surface area contributed by atoms with Crippen molar-refractivity contribution < 1.29 is 18.1 Å². The topological polar surface area (TPSA) is 110 Å². The Kier molecular flexibility index (Phi) is 10.2. The highest BCUT2D eigenvalue weighted by atomic mass is 32.2. The lowest BCUT2D eigenvalue weighted by atomic mass is 10.0. The lowest BCUT2D eigenvalue weighted by Crippen LogP contribution is -2.41. The zero-order chi connectivity index (χ0) is 25.3. The molecule has 34 heavy (non-hydrogen) atoms. The Morgan fingerprint density at radius 2 is 1.79 bits per heavy atom. The molecule has 0 radical (unpaired) electrons. The maximum Gasteiger partial charge on any atom is 0.269 e. The first-order valence-electron chi connectivity index (χ1n) is 11.7. The van der Waals surface area contributed by atoms with Gasteiger partial charge in [-0.05, 0) is 48.6 Å². The Morgan fingerprint density at radius 1 is 1.09 bits per heavy atom. The van der Waals surface area contributed by atoms with Crippen molar-refractivity contribution in [2.75, 3.05) is 19.0 Å². The number of nitro benzene ring substituents is 1. The van der Waals surface area contributed by atoms with Crippen LogP contribution in [0.5, 0.6) is 0 Å². The van der Waals surface area contributed by atoms with E-state index in [0.29, 0.717) is 24.0 Å². The van der Waals surface area contributed by atoms with E-state index in [4.69, 9.17) is 0 Å². The smallest absolute Gasteiger partial charge is 0.269 e. The first kappa shape index (κ1) is 27.5. The highest BCUT2D eigenvalue weighted by molar-refractivity contribution is 7.89. The number of nitrogens with one attached hydrogen (secondary N) is 1.